The highest BCUT2D eigenvalue weighted by atomic mass is 16.6. The predicted octanol–water partition coefficient (Wildman–Crippen LogP) is 11.2. The zero-order chi connectivity index (χ0) is 48.6. The number of carbonyl (C=O) groups is 5. The second kappa shape index (κ2) is 28.8. The molecule has 368 valence electrons. The van der Waals surface area contributed by atoms with Gasteiger partial charge in [-0.1, -0.05) is 92.4 Å². The number of epoxide rings is 1. The third-order valence-corrected chi connectivity index (χ3v) is 12.9. The molecule has 2 saturated carbocycles. The van der Waals surface area contributed by atoms with E-state index in [4.69, 9.17) is 28.4 Å². The van der Waals surface area contributed by atoms with Crippen LogP contribution in [0.4, 0.5) is 0 Å². The first-order chi connectivity index (χ1) is 30.7. The monoisotopic (exact) mass is 912 g/mol. The minimum absolute atomic E-state index is 0.0610. The minimum atomic E-state index is -0.488. The van der Waals surface area contributed by atoms with Crippen LogP contribution in [0.25, 0.3) is 6.08 Å². The highest BCUT2D eigenvalue weighted by Gasteiger charge is 2.45. The lowest BCUT2D eigenvalue weighted by atomic mass is 9.87. The van der Waals surface area contributed by atoms with Crippen LogP contribution in [0.2, 0.25) is 0 Å². The largest absolute Gasteiger partial charge is 0.494 e. The summed E-state index contributed by atoms with van der Waals surface area (Å²) in [5, 5.41) is 3.16. The van der Waals surface area contributed by atoms with Crippen molar-refractivity contribution in [3.63, 3.8) is 0 Å². The van der Waals surface area contributed by atoms with Gasteiger partial charge in [-0.3, -0.25) is 14.4 Å². The standard InChI is InChI=1S/C29H45NO4.C12H20O4.C12H20O3/c1-5-7-8-9-10-11-22-33-25-17-12-23(13-18-25)14-21-27(31)34-26-19-15-24(16-20-26)30-28(32)29(3,4)6-2;1-6-12(4,5)11(14)16-8-7-15-10(13)9(2)3;1-4-12(2,3)11(13)14-8-5-6-9-10(7-8)15-9/h12-14,17-18,21,24,26H,5-11,15-16,19-20,22H2,1-4H3,(H,30,32);2,6-8H2,1,3-5H3;8-10H,4-7H2,1-3H3/b21-14+;;. The van der Waals surface area contributed by atoms with Gasteiger partial charge in [0.2, 0.25) is 5.91 Å². The number of hydrogen-bond acceptors (Lipinski definition) is 11. The van der Waals surface area contributed by atoms with E-state index in [0.717, 1.165) is 82.1 Å². The number of ether oxygens (including phenoxy) is 6. The fraction of sp³-hybridized carbons (Fsp3) is 0.717. The van der Waals surface area contributed by atoms with E-state index in [1.807, 2.05) is 86.6 Å². The molecular formula is C53H85NO11. The summed E-state index contributed by atoms with van der Waals surface area (Å²) in [6, 6.07) is 7.96. The molecule has 3 aliphatic rings. The molecule has 3 atom stereocenters. The molecule has 0 radical (unpaired) electrons. The first-order valence-corrected chi connectivity index (χ1v) is 24.5. The second-order valence-corrected chi connectivity index (χ2v) is 19.7. The van der Waals surface area contributed by atoms with E-state index in [0.29, 0.717) is 24.2 Å². The molecule has 1 saturated heterocycles. The van der Waals surface area contributed by atoms with E-state index in [-0.39, 0.29) is 66.1 Å². The molecule has 2 aliphatic carbocycles. The van der Waals surface area contributed by atoms with Gasteiger partial charge in [0, 0.05) is 29.5 Å². The van der Waals surface area contributed by atoms with Crippen LogP contribution in [0.15, 0.2) is 42.5 Å². The van der Waals surface area contributed by atoms with Crippen LogP contribution in [0, 0.1) is 16.2 Å². The number of hydrogen-bond donors (Lipinski definition) is 1. The topological polar surface area (TPSA) is 156 Å². The number of unbranched alkanes of at least 4 members (excludes halogenated alkanes) is 5. The van der Waals surface area contributed by atoms with E-state index in [9.17, 15) is 24.0 Å². The maximum Gasteiger partial charge on any atom is 0.333 e. The molecule has 1 aromatic rings. The summed E-state index contributed by atoms with van der Waals surface area (Å²) in [6.45, 7) is 25.5. The quantitative estimate of drug-likeness (QED) is 0.0366. The Morgan fingerprint density at radius 2 is 1.25 bits per heavy atom. The number of amides is 1. The van der Waals surface area contributed by atoms with Gasteiger partial charge in [0.15, 0.2) is 0 Å². The van der Waals surface area contributed by atoms with Crippen molar-refractivity contribution in [1.29, 1.82) is 0 Å². The van der Waals surface area contributed by atoms with Gasteiger partial charge >= 0.3 is 23.9 Å². The molecule has 0 aromatic heterocycles. The number of nitrogens with one attached hydrogen (secondary N) is 1. The van der Waals surface area contributed by atoms with Gasteiger partial charge in [-0.15, -0.1) is 0 Å². The van der Waals surface area contributed by atoms with Crippen molar-refractivity contribution < 1.29 is 52.4 Å². The molecule has 3 fully saturated rings. The molecule has 12 heteroatoms. The number of fused-ring (bicyclic) bond motifs is 1. The molecule has 1 aliphatic heterocycles. The van der Waals surface area contributed by atoms with Crippen molar-refractivity contribution in [2.75, 3.05) is 19.8 Å². The van der Waals surface area contributed by atoms with Gasteiger partial charge in [0.1, 0.15) is 31.2 Å². The van der Waals surface area contributed by atoms with Crippen LogP contribution in [0.5, 0.6) is 5.75 Å². The minimum Gasteiger partial charge on any atom is -0.494 e. The second-order valence-electron chi connectivity index (χ2n) is 19.7. The first kappa shape index (κ1) is 56.9. The highest BCUT2D eigenvalue weighted by molar-refractivity contribution is 5.87. The molecule has 3 unspecified atom stereocenters. The zero-order valence-electron chi connectivity index (χ0n) is 42.0. The molecule has 1 amide bonds. The summed E-state index contributed by atoms with van der Waals surface area (Å²) in [7, 11) is 0. The number of carbonyl (C=O) groups excluding carboxylic acids is 5. The Bertz CT molecular complexity index is 1660. The van der Waals surface area contributed by atoms with Crippen LogP contribution >= 0.6 is 0 Å². The van der Waals surface area contributed by atoms with Gasteiger partial charge in [-0.2, -0.15) is 0 Å². The molecule has 65 heavy (non-hydrogen) atoms. The van der Waals surface area contributed by atoms with Crippen LogP contribution < -0.4 is 10.1 Å². The summed E-state index contributed by atoms with van der Waals surface area (Å²) >= 11 is 0. The van der Waals surface area contributed by atoms with Crippen molar-refractivity contribution in [2.45, 2.75) is 209 Å². The summed E-state index contributed by atoms with van der Waals surface area (Å²) in [6.07, 6.45) is 20.1. The normalized spacial score (nSPS) is 20.3. The Kier molecular flexibility index (Phi) is 25.2. The third-order valence-electron chi connectivity index (χ3n) is 12.9. The van der Waals surface area contributed by atoms with E-state index in [1.165, 1.54) is 38.2 Å². The van der Waals surface area contributed by atoms with Gasteiger partial charge in [0.05, 0.1) is 29.6 Å². The van der Waals surface area contributed by atoms with E-state index in [2.05, 4.69) is 18.8 Å². The van der Waals surface area contributed by atoms with Crippen LogP contribution in [0.3, 0.4) is 0 Å². The number of rotatable bonds is 23. The van der Waals surface area contributed by atoms with Crippen molar-refractivity contribution >= 4 is 35.9 Å². The summed E-state index contributed by atoms with van der Waals surface area (Å²) in [5.41, 5.74) is 0.0976. The maximum absolute atomic E-state index is 12.4. The molecule has 12 nitrogen and oxygen atoms in total. The van der Waals surface area contributed by atoms with Crippen LogP contribution in [-0.2, 0) is 47.7 Å². The molecule has 1 N–H and O–H groups in total. The number of esters is 4. The van der Waals surface area contributed by atoms with Crippen LogP contribution in [-0.4, -0.2) is 80.1 Å². The van der Waals surface area contributed by atoms with Gasteiger partial charge in [-0.05, 0) is 123 Å². The van der Waals surface area contributed by atoms with E-state index < -0.39 is 11.4 Å². The molecule has 1 aromatic carbocycles. The van der Waals surface area contributed by atoms with E-state index >= 15 is 0 Å². The number of benzene rings is 1. The van der Waals surface area contributed by atoms with Crippen LogP contribution in [0.1, 0.15) is 184 Å². The van der Waals surface area contributed by atoms with Crippen molar-refractivity contribution in [3.8, 4) is 5.75 Å². The molecule has 0 bridgehead atoms. The van der Waals surface area contributed by atoms with Gasteiger partial charge in [0.25, 0.3) is 0 Å². The Morgan fingerprint density at radius 1 is 0.677 bits per heavy atom. The fourth-order valence-corrected chi connectivity index (χ4v) is 6.64. The SMILES string of the molecule is C=C(C)C(=O)OCCOC(=O)C(C)(C)CC.CCC(C)(C)C(=O)OC1CCC2OC2C1.CCCCCCCCOc1ccc(/C=C/C(=O)OC2CCC(NC(=O)C(C)(C)CC)CC2)cc1. The summed E-state index contributed by atoms with van der Waals surface area (Å²) < 4.78 is 32.1. The average Bonchev–Trinajstić information content (AvgIpc) is 4.07. The highest BCUT2D eigenvalue weighted by Crippen LogP contribution is 2.38. The predicted molar refractivity (Wildman–Crippen MR) is 256 cm³/mol. The van der Waals surface area contributed by atoms with Crippen molar-refractivity contribution in [1.82, 2.24) is 5.32 Å². The lowest BCUT2D eigenvalue weighted by molar-refractivity contribution is -0.161. The van der Waals surface area contributed by atoms with E-state index in [1.54, 1.807) is 13.0 Å². The third kappa shape index (κ3) is 22.2. The molecular weight excluding hydrogens is 827 g/mol. The van der Waals surface area contributed by atoms with Gasteiger partial charge in [-0.25, -0.2) is 9.59 Å². The summed E-state index contributed by atoms with van der Waals surface area (Å²) in [5.74, 6) is -0.152. The Labute approximate surface area is 391 Å². The molecule has 1 heterocycles. The lowest BCUT2D eigenvalue weighted by Gasteiger charge is -2.31. The first-order valence-electron chi connectivity index (χ1n) is 24.5. The van der Waals surface area contributed by atoms with Crippen molar-refractivity contribution in [2.24, 2.45) is 16.2 Å². The molecule has 4 rings (SSSR count). The lowest BCUT2D eigenvalue weighted by Crippen LogP contribution is -2.45. The van der Waals surface area contributed by atoms with Crippen molar-refractivity contribution in [3.05, 3.63) is 48.1 Å². The maximum atomic E-state index is 12.4. The Morgan fingerprint density at radius 3 is 1.83 bits per heavy atom. The van der Waals surface area contributed by atoms with Gasteiger partial charge < -0.3 is 33.7 Å². The smallest absolute Gasteiger partial charge is 0.333 e. The Hall–Kier alpha value is -4.19. The molecule has 0 spiro atoms. The average molecular weight is 912 g/mol. The Balaban J connectivity index is 0.000000386. The zero-order valence-corrected chi connectivity index (χ0v) is 42.0. The summed E-state index contributed by atoms with van der Waals surface area (Å²) in [4.78, 5) is 58.9. The fourth-order valence-electron chi connectivity index (χ4n) is 6.64.